The number of piperidine rings is 1. The standard InChI is InChI=1S/C32H32F4N4O2/c1-21-27(31(41)40(37(21)2)26-12-10-24(34)11-13-26)20-39(17-14-22-6-8-23(33)9-7-22)25-15-18-38(19-16-25)32(42)30-28(35)4-3-5-29(30)36/h3-13,25H,14-20H2,1-2H3. The van der Waals surface area contributed by atoms with Crippen LogP contribution in [0.5, 0.6) is 0 Å². The highest BCUT2D eigenvalue weighted by Crippen LogP contribution is 2.24. The normalized spacial score (nSPS) is 14.1. The van der Waals surface area contributed by atoms with Crippen LogP contribution in [0.15, 0.2) is 71.5 Å². The van der Waals surface area contributed by atoms with Crippen molar-refractivity contribution in [1.82, 2.24) is 19.2 Å². The number of rotatable bonds is 8. The molecule has 6 nitrogen and oxygen atoms in total. The summed E-state index contributed by atoms with van der Waals surface area (Å²) in [4.78, 5) is 30.3. The van der Waals surface area contributed by atoms with E-state index < -0.39 is 28.9 Å². The lowest BCUT2D eigenvalue weighted by molar-refractivity contribution is 0.0599. The first-order valence-electron chi connectivity index (χ1n) is 13.9. The maximum absolute atomic E-state index is 14.3. The largest absolute Gasteiger partial charge is 0.338 e. The van der Waals surface area contributed by atoms with Crippen LogP contribution in [0.4, 0.5) is 17.6 Å². The summed E-state index contributed by atoms with van der Waals surface area (Å²) in [6.07, 6.45) is 1.70. The Labute approximate surface area is 241 Å². The smallest absolute Gasteiger partial charge is 0.276 e. The Morgan fingerprint density at radius 3 is 2.05 bits per heavy atom. The second kappa shape index (κ2) is 12.4. The van der Waals surface area contributed by atoms with Crippen LogP contribution in [0.1, 0.15) is 40.0 Å². The van der Waals surface area contributed by atoms with Gasteiger partial charge in [0.05, 0.1) is 11.3 Å². The van der Waals surface area contributed by atoms with Gasteiger partial charge in [-0.05, 0) is 80.3 Å². The molecule has 1 aliphatic heterocycles. The second-order valence-corrected chi connectivity index (χ2v) is 10.6. The Morgan fingerprint density at radius 1 is 0.881 bits per heavy atom. The molecule has 0 aliphatic carbocycles. The summed E-state index contributed by atoms with van der Waals surface area (Å²) in [5, 5.41) is 0. The molecule has 220 valence electrons. The summed E-state index contributed by atoms with van der Waals surface area (Å²) in [6.45, 7) is 3.36. The molecule has 1 aliphatic rings. The summed E-state index contributed by atoms with van der Waals surface area (Å²) in [7, 11) is 1.78. The van der Waals surface area contributed by atoms with Crippen molar-refractivity contribution in [3.05, 3.63) is 123 Å². The molecule has 0 unspecified atom stereocenters. The molecule has 1 aromatic heterocycles. The van der Waals surface area contributed by atoms with E-state index in [0.29, 0.717) is 56.7 Å². The molecule has 1 fully saturated rings. The number of carbonyl (C=O) groups excluding carboxylic acids is 1. The van der Waals surface area contributed by atoms with Crippen molar-refractivity contribution in [2.24, 2.45) is 7.05 Å². The third-order valence-electron chi connectivity index (χ3n) is 8.15. The Bertz CT molecular complexity index is 1600. The number of hydrogen-bond donors (Lipinski definition) is 0. The van der Waals surface area contributed by atoms with E-state index in [1.165, 1.54) is 39.9 Å². The van der Waals surface area contributed by atoms with Gasteiger partial charge < -0.3 is 4.90 Å². The Balaban J connectivity index is 1.38. The molecule has 42 heavy (non-hydrogen) atoms. The number of carbonyl (C=O) groups is 1. The summed E-state index contributed by atoms with van der Waals surface area (Å²) in [5.41, 5.74) is 2.08. The molecule has 0 N–H and O–H groups in total. The number of nitrogens with zero attached hydrogens (tertiary/aromatic N) is 4. The second-order valence-electron chi connectivity index (χ2n) is 10.6. The van der Waals surface area contributed by atoms with Gasteiger partial charge in [-0.3, -0.25) is 19.2 Å². The van der Waals surface area contributed by atoms with E-state index in [0.717, 1.165) is 23.4 Å². The lowest BCUT2D eigenvalue weighted by Crippen LogP contribution is -2.47. The van der Waals surface area contributed by atoms with Gasteiger partial charge in [0.1, 0.15) is 28.8 Å². The maximum Gasteiger partial charge on any atom is 0.276 e. The first-order chi connectivity index (χ1) is 20.1. The van der Waals surface area contributed by atoms with Crippen LogP contribution in [-0.2, 0) is 20.0 Å². The third kappa shape index (κ3) is 6.04. The van der Waals surface area contributed by atoms with Gasteiger partial charge in [0.2, 0.25) is 0 Å². The fraction of sp³-hybridized carbons (Fsp3) is 0.312. The minimum Gasteiger partial charge on any atom is -0.338 e. The molecule has 4 aromatic rings. The van der Waals surface area contributed by atoms with Crippen molar-refractivity contribution in [3.63, 3.8) is 0 Å². The molecular weight excluding hydrogens is 548 g/mol. The molecule has 2 heterocycles. The number of aromatic nitrogens is 2. The van der Waals surface area contributed by atoms with Crippen molar-refractivity contribution >= 4 is 5.91 Å². The average Bonchev–Trinajstić information content (AvgIpc) is 3.19. The van der Waals surface area contributed by atoms with Crippen LogP contribution >= 0.6 is 0 Å². The fourth-order valence-electron chi connectivity index (χ4n) is 5.63. The molecular formula is C32H32F4N4O2. The van der Waals surface area contributed by atoms with Gasteiger partial charge in [-0.2, -0.15) is 0 Å². The minimum atomic E-state index is -0.889. The SMILES string of the molecule is Cc1c(CN(CCc2ccc(F)cc2)C2CCN(C(=O)c3c(F)cccc3F)CC2)c(=O)n(-c2ccc(F)cc2)n1C. The quantitative estimate of drug-likeness (QED) is 0.263. The van der Waals surface area contributed by atoms with E-state index in [2.05, 4.69) is 4.90 Å². The predicted octanol–water partition coefficient (Wildman–Crippen LogP) is 5.39. The van der Waals surface area contributed by atoms with E-state index >= 15 is 0 Å². The molecule has 5 rings (SSSR count). The van der Waals surface area contributed by atoms with Crippen LogP contribution in [0.3, 0.4) is 0 Å². The summed E-state index contributed by atoms with van der Waals surface area (Å²) >= 11 is 0. The zero-order valence-corrected chi connectivity index (χ0v) is 23.5. The molecule has 10 heteroatoms. The number of benzene rings is 3. The molecule has 1 saturated heterocycles. The summed E-state index contributed by atoms with van der Waals surface area (Å²) in [5.74, 6) is -3.17. The first kappa shape index (κ1) is 29.3. The van der Waals surface area contributed by atoms with Crippen molar-refractivity contribution in [3.8, 4) is 5.69 Å². The lowest BCUT2D eigenvalue weighted by Gasteiger charge is -2.38. The van der Waals surface area contributed by atoms with Gasteiger partial charge in [-0.15, -0.1) is 0 Å². The molecule has 0 radical (unpaired) electrons. The number of likely N-dealkylation sites (tertiary alicyclic amines) is 1. The Morgan fingerprint density at radius 2 is 1.45 bits per heavy atom. The van der Waals surface area contributed by atoms with Crippen molar-refractivity contribution < 1.29 is 22.4 Å². The third-order valence-corrected chi connectivity index (χ3v) is 8.15. The topological polar surface area (TPSA) is 50.5 Å². The Kier molecular flexibility index (Phi) is 8.63. The average molecular weight is 581 g/mol. The molecule has 0 saturated carbocycles. The van der Waals surface area contributed by atoms with E-state index in [9.17, 15) is 27.2 Å². The van der Waals surface area contributed by atoms with Crippen LogP contribution < -0.4 is 5.56 Å². The molecule has 1 amide bonds. The number of hydrogen-bond acceptors (Lipinski definition) is 3. The lowest BCUT2D eigenvalue weighted by atomic mass is 10.00. The monoisotopic (exact) mass is 580 g/mol. The van der Waals surface area contributed by atoms with Gasteiger partial charge in [-0.25, -0.2) is 22.2 Å². The highest BCUT2D eigenvalue weighted by Gasteiger charge is 2.31. The molecule has 3 aromatic carbocycles. The zero-order valence-electron chi connectivity index (χ0n) is 23.5. The number of halogens is 4. The van der Waals surface area contributed by atoms with E-state index in [1.807, 2.05) is 6.92 Å². The van der Waals surface area contributed by atoms with Gasteiger partial charge in [-0.1, -0.05) is 18.2 Å². The summed E-state index contributed by atoms with van der Waals surface area (Å²) in [6, 6.07) is 15.3. The van der Waals surface area contributed by atoms with E-state index in [1.54, 1.807) is 36.0 Å². The van der Waals surface area contributed by atoms with Crippen LogP contribution in [0.25, 0.3) is 5.69 Å². The minimum absolute atomic E-state index is 0.0155. The van der Waals surface area contributed by atoms with Gasteiger partial charge >= 0.3 is 0 Å². The Hall–Kier alpha value is -4.18. The van der Waals surface area contributed by atoms with E-state index in [-0.39, 0.29) is 17.4 Å². The van der Waals surface area contributed by atoms with Crippen LogP contribution in [0.2, 0.25) is 0 Å². The maximum atomic E-state index is 14.3. The van der Waals surface area contributed by atoms with Crippen LogP contribution in [0, 0.1) is 30.2 Å². The number of amides is 1. The van der Waals surface area contributed by atoms with Crippen molar-refractivity contribution in [1.29, 1.82) is 0 Å². The summed E-state index contributed by atoms with van der Waals surface area (Å²) < 4.78 is 58.8. The predicted molar refractivity (Wildman–Crippen MR) is 152 cm³/mol. The first-order valence-corrected chi connectivity index (χ1v) is 13.9. The van der Waals surface area contributed by atoms with Gasteiger partial charge in [0.25, 0.3) is 11.5 Å². The molecule has 0 atom stereocenters. The highest BCUT2D eigenvalue weighted by molar-refractivity contribution is 5.94. The van der Waals surface area contributed by atoms with Gasteiger partial charge in [0, 0.05) is 45.0 Å². The zero-order chi connectivity index (χ0) is 30.0. The molecule has 0 spiro atoms. The highest BCUT2D eigenvalue weighted by atomic mass is 19.1. The van der Waals surface area contributed by atoms with Crippen molar-refractivity contribution in [2.75, 3.05) is 19.6 Å². The molecule has 0 bridgehead atoms. The van der Waals surface area contributed by atoms with Gasteiger partial charge in [0.15, 0.2) is 0 Å². The van der Waals surface area contributed by atoms with Crippen LogP contribution in [-0.4, -0.2) is 50.7 Å². The van der Waals surface area contributed by atoms with Crippen molar-refractivity contribution in [2.45, 2.75) is 38.8 Å². The van der Waals surface area contributed by atoms with E-state index in [4.69, 9.17) is 0 Å². The fourth-order valence-corrected chi connectivity index (χ4v) is 5.63.